The largest absolute Gasteiger partial charge is 0.481 e. The Morgan fingerprint density at radius 2 is 1.75 bits per heavy atom. The lowest BCUT2D eigenvalue weighted by Gasteiger charge is -2.17. The van der Waals surface area contributed by atoms with Gasteiger partial charge in [-0.3, -0.25) is 9.36 Å². The summed E-state index contributed by atoms with van der Waals surface area (Å²) in [5.41, 5.74) is 2.17. The second kappa shape index (κ2) is 12.5. The zero-order valence-electron chi connectivity index (χ0n) is 19.8. The number of rotatable bonds is 9. The van der Waals surface area contributed by atoms with Crippen LogP contribution in [0.5, 0.6) is 0 Å². The molecule has 0 aliphatic heterocycles. The molecule has 0 radical (unpaired) electrons. The van der Waals surface area contributed by atoms with Gasteiger partial charge < -0.3 is 14.7 Å². The molecule has 0 amide bonds. The highest BCUT2D eigenvalue weighted by molar-refractivity contribution is 7.39. The van der Waals surface area contributed by atoms with E-state index < -0.39 is 38.2 Å². The van der Waals surface area contributed by atoms with Gasteiger partial charge in [-0.15, -0.1) is 0 Å². The van der Waals surface area contributed by atoms with Gasteiger partial charge in [0.2, 0.25) is 0 Å². The molecule has 3 aromatic rings. The van der Waals surface area contributed by atoms with Crippen LogP contribution in [0.15, 0.2) is 54.6 Å². The molecular formula is C27H26F2NO5P. The number of carboxylic acids is 1. The molecular weight excluding hydrogens is 487 g/mol. The van der Waals surface area contributed by atoms with Crippen molar-refractivity contribution in [3.63, 3.8) is 0 Å². The summed E-state index contributed by atoms with van der Waals surface area (Å²) < 4.78 is 46.8. The van der Waals surface area contributed by atoms with Crippen LogP contribution >= 0.6 is 8.03 Å². The molecule has 0 aliphatic carbocycles. The van der Waals surface area contributed by atoms with Gasteiger partial charge in [0.25, 0.3) is 0 Å². The van der Waals surface area contributed by atoms with E-state index in [1.165, 1.54) is 24.3 Å². The van der Waals surface area contributed by atoms with Crippen LogP contribution < -0.4 is 0 Å². The van der Waals surface area contributed by atoms with E-state index in [1.807, 2.05) is 19.9 Å². The molecule has 2 aromatic carbocycles. The first-order valence-corrected chi connectivity index (χ1v) is 12.8. The zero-order valence-corrected chi connectivity index (χ0v) is 20.8. The van der Waals surface area contributed by atoms with Crippen LogP contribution in [0.2, 0.25) is 0 Å². The molecule has 2 unspecified atom stereocenters. The topological polar surface area (TPSA) is 96.7 Å². The number of aliphatic hydroxyl groups is 1. The van der Waals surface area contributed by atoms with E-state index in [0.29, 0.717) is 22.4 Å². The summed E-state index contributed by atoms with van der Waals surface area (Å²) in [5.74, 6) is 3.20. The minimum Gasteiger partial charge on any atom is -0.481 e. The Morgan fingerprint density at radius 3 is 2.36 bits per heavy atom. The van der Waals surface area contributed by atoms with Gasteiger partial charge in [0.15, 0.2) is 13.8 Å². The van der Waals surface area contributed by atoms with Crippen molar-refractivity contribution < 1.29 is 32.9 Å². The summed E-state index contributed by atoms with van der Waals surface area (Å²) in [6.45, 7) is 3.52. The standard InChI is InChI=1S/C27H26F2NO5P/c1-17(2)26-22(9-6-14-35-36(34)16-21(31)15-23(32)33)24(18-10-12-20(28)13-11-18)25(29)27(30-26)19-7-4-3-5-8-19/h3-5,7-8,10-13,17,21,31,36H,14-16H2,1-2H3,(H,32,33). The lowest BCUT2D eigenvalue weighted by molar-refractivity contribution is -0.138. The number of pyridine rings is 1. The maximum Gasteiger partial charge on any atom is 0.305 e. The number of carboxylic acid groups (broad SMARTS) is 1. The lowest BCUT2D eigenvalue weighted by atomic mass is 9.92. The smallest absolute Gasteiger partial charge is 0.305 e. The first kappa shape index (κ1) is 27.2. The molecule has 2 atom stereocenters. The molecule has 1 heterocycles. The van der Waals surface area contributed by atoms with Gasteiger partial charge in [-0.2, -0.15) is 0 Å². The Hall–Kier alpha value is -3.37. The van der Waals surface area contributed by atoms with Crippen LogP contribution in [0.25, 0.3) is 22.4 Å². The Balaban J connectivity index is 2.02. The Kier molecular flexibility index (Phi) is 9.49. The van der Waals surface area contributed by atoms with E-state index in [2.05, 4.69) is 16.8 Å². The molecule has 0 saturated heterocycles. The highest BCUT2D eigenvalue weighted by Crippen LogP contribution is 2.36. The lowest BCUT2D eigenvalue weighted by Crippen LogP contribution is -2.15. The first-order valence-electron chi connectivity index (χ1n) is 11.3. The van der Waals surface area contributed by atoms with Gasteiger partial charge in [-0.1, -0.05) is 68.2 Å². The third kappa shape index (κ3) is 7.08. The van der Waals surface area contributed by atoms with Gasteiger partial charge in [0, 0.05) is 17.3 Å². The molecule has 1 aromatic heterocycles. The fourth-order valence-corrected chi connectivity index (χ4v) is 4.45. The van der Waals surface area contributed by atoms with Gasteiger partial charge >= 0.3 is 5.97 Å². The number of aliphatic hydroxyl groups excluding tert-OH is 1. The summed E-state index contributed by atoms with van der Waals surface area (Å²) in [7, 11) is -2.73. The van der Waals surface area contributed by atoms with Gasteiger partial charge in [0.05, 0.1) is 23.8 Å². The van der Waals surface area contributed by atoms with Crippen molar-refractivity contribution in [3.05, 3.63) is 77.5 Å². The second-order valence-electron chi connectivity index (χ2n) is 8.36. The number of hydrogen-bond donors (Lipinski definition) is 2. The molecule has 0 spiro atoms. The van der Waals surface area contributed by atoms with E-state index in [-0.39, 0.29) is 29.9 Å². The highest BCUT2D eigenvalue weighted by Gasteiger charge is 2.23. The monoisotopic (exact) mass is 513 g/mol. The first-order chi connectivity index (χ1) is 17.2. The molecule has 3 rings (SSSR count). The average molecular weight is 513 g/mol. The predicted molar refractivity (Wildman–Crippen MR) is 134 cm³/mol. The summed E-state index contributed by atoms with van der Waals surface area (Å²) in [5, 5.41) is 18.3. The van der Waals surface area contributed by atoms with E-state index in [0.717, 1.165) is 0 Å². The van der Waals surface area contributed by atoms with Crippen molar-refractivity contribution in [2.45, 2.75) is 32.3 Å². The zero-order chi connectivity index (χ0) is 26.2. The van der Waals surface area contributed by atoms with Crippen molar-refractivity contribution in [2.24, 2.45) is 0 Å². The second-order valence-corrected chi connectivity index (χ2v) is 9.80. The van der Waals surface area contributed by atoms with Gasteiger partial charge in [-0.05, 0) is 23.6 Å². The molecule has 6 nitrogen and oxygen atoms in total. The number of hydrogen-bond acceptors (Lipinski definition) is 5. The van der Waals surface area contributed by atoms with Crippen LogP contribution in [-0.2, 0) is 13.9 Å². The van der Waals surface area contributed by atoms with Crippen LogP contribution in [0.1, 0.15) is 37.4 Å². The van der Waals surface area contributed by atoms with Crippen molar-refractivity contribution in [1.29, 1.82) is 0 Å². The van der Waals surface area contributed by atoms with Gasteiger partial charge in [0.1, 0.15) is 18.1 Å². The van der Waals surface area contributed by atoms with Crippen LogP contribution in [-0.4, -0.2) is 40.0 Å². The molecule has 0 bridgehead atoms. The number of halogens is 2. The normalized spacial score (nSPS) is 12.6. The van der Waals surface area contributed by atoms with Crippen LogP contribution in [0.3, 0.4) is 0 Å². The van der Waals surface area contributed by atoms with E-state index in [4.69, 9.17) is 9.63 Å². The van der Waals surface area contributed by atoms with Crippen LogP contribution in [0, 0.1) is 23.5 Å². The number of carbonyl (C=O) groups is 1. The van der Waals surface area contributed by atoms with E-state index >= 15 is 4.39 Å². The Bertz CT molecular complexity index is 1300. The Morgan fingerprint density at radius 1 is 1.08 bits per heavy atom. The van der Waals surface area contributed by atoms with Crippen molar-refractivity contribution in [3.8, 4) is 34.2 Å². The third-order valence-corrected chi connectivity index (χ3v) is 6.49. The average Bonchev–Trinajstić information content (AvgIpc) is 2.82. The maximum atomic E-state index is 16.0. The van der Waals surface area contributed by atoms with Crippen molar-refractivity contribution >= 4 is 14.0 Å². The van der Waals surface area contributed by atoms with Crippen molar-refractivity contribution in [1.82, 2.24) is 4.98 Å². The molecule has 188 valence electrons. The molecule has 36 heavy (non-hydrogen) atoms. The van der Waals surface area contributed by atoms with Crippen LogP contribution in [0.4, 0.5) is 8.78 Å². The van der Waals surface area contributed by atoms with E-state index in [9.17, 15) is 18.9 Å². The summed E-state index contributed by atoms with van der Waals surface area (Å²) in [4.78, 5) is 15.2. The van der Waals surface area contributed by atoms with Gasteiger partial charge in [-0.25, -0.2) is 13.8 Å². The highest BCUT2D eigenvalue weighted by atomic mass is 31.1. The molecule has 2 N–H and O–H groups in total. The number of aliphatic carboxylic acids is 1. The third-order valence-electron chi connectivity index (χ3n) is 5.22. The fraction of sp³-hybridized carbons (Fsp3) is 0.259. The molecule has 0 fully saturated rings. The van der Waals surface area contributed by atoms with E-state index in [1.54, 1.807) is 24.3 Å². The number of benzene rings is 2. The molecule has 0 saturated carbocycles. The van der Waals surface area contributed by atoms with Crippen molar-refractivity contribution in [2.75, 3.05) is 12.8 Å². The summed E-state index contributed by atoms with van der Waals surface area (Å²) in [6, 6.07) is 14.3. The minimum atomic E-state index is -2.73. The summed E-state index contributed by atoms with van der Waals surface area (Å²) >= 11 is 0. The fourth-order valence-electron chi connectivity index (χ4n) is 3.57. The maximum absolute atomic E-state index is 16.0. The minimum absolute atomic E-state index is 0.136. The Labute approximate surface area is 208 Å². The summed E-state index contributed by atoms with van der Waals surface area (Å²) in [6.07, 6.45) is -2.13. The SMILES string of the molecule is CC(C)c1nc(-c2ccccc2)c(F)c(-c2ccc(F)cc2)c1C#CCO[PH](=O)CC(O)CC(=O)O. The number of nitrogens with zero attached hydrogens (tertiary/aromatic N) is 1. The molecule has 0 aliphatic rings. The quantitative estimate of drug-likeness (QED) is 0.290. The predicted octanol–water partition coefficient (Wildman–Crippen LogP) is 5.50. The number of aromatic nitrogens is 1. The molecule has 9 heteroatoms.